The van der Waals surface area contributed by atoms with Crippen molar-refractivity contribution in [2.45, 2.75) is 6.92 Å². The van der Waals surface area contributed by atoms with Crippen LogP contribution in [0, 0.1) is 6.92 Å². The van der Waals surface area contributed by atoms with Gasteiger partial charge in [0.15, 0.2) is 5.78 Å². The van der Waals surface area contributed by atoms with Crippen LogP contribution in [0.3, 0.4) is 0 Å². The Morgan fingerprint density at radius 1 is 1.00 bits per heavy atom. The van der Waals surface area contributed by atoms with E-state index in [2.05, 4.69) is 31.9 Å². The molecule has 18 heavy (non-hydrogen) atoms. The van der Waals surface area contributed by atoms with Gasteiger partial charge in [-0.25, -0.2) is 0 Å². The van der Waals surface area contributed by atoms with E-state index in [9.17, 15) is 4.79 Å². The van der Waals surface area contributed by atoms with E-state index in [-0.39, 0.29) is 5.78 Å². The van der Waals surface area contributed by atoms with Crippen molar-refractivity contribution < 1.29 is 4.79 Å². The topological polar surface area (TPSA) is 43.1 Å². The molecular weight excluding hydrogens is 358 g/mol. The SMILES string of the molecule is Cc1ccc(Br)c(C(=O)c2ccc(N)cc2Br)c1. The summed E-state index contributed by atoms with van der Waals surface area (Å²) >= 11 is 6.78. The number of nitrogens with two attached hydrogens (primary N) is 1. The maximum atomic E-state index is 12.5. The van der Waals surface area contributed by atoms with E-state index in [4.69, 9.17) is 5.73 Å². The molecule has 0 aliphatic rings. The lowest BCUT2D eigenvalue weighted by Gasteiger charge is -2.07. The smallest absolute Gasteiger partial charge is 0.195 e. The van der Waals surface area contributed by atoms with Crippen molar-refractivity contribution >= 4 is 43.3 Å². The summed E-state index contributed by atoms with van der Waals surface area (Å²) in [7, 11) is 0. The number of aryl methyl sites for hydroxylation is 1. The normalized spacial score (nSPS) is 10.4. The molecule has 0 aliphatic carbocycles. The Bertz CT molecular complexity index is 623. The monoisotopic (exact) mass is 367 g/mol. The molecule has 2 N–H and O–H groups in total. The Morgan fingerprint density at radius 2 is 1.72 bits per heavy atom. The quantitative estimate of drug-likeness (QED) is 0.633. The van der Waals surface area contributed by atoms with Crippen LogP contribution < -0.4 is 5.73 Å². The molecule has 0 saturated carbocycles. The van der Waals surface area contributed by atoms with Crippen LogP contribution in [0.5, 0.6) is 0 Å². The first-order valence-electron chi connectivity index (χ1n) is 5.35. The predicted molar refractivity (Wildman–Crippen MR) is 80.9 cm³/mol. The lowest BCUT2D eigenvalue weighted by Crippen LogP contribution is -2.04. The molecule has 0 heterocycles. The molecular formula is C14H11Br2NO. The highest BCUT2D eigenvalue weighted by Gasteiger charge is 2.15. The summed E-state index contributed by atoms with van der Waals surface area (Å²) < 4.78 is 1.50. The third kappa shape index (κ3) is 2.65. The Labute approximate surface area is 122 Å². The van der Waals surface area contributed by atoms with Crippen LogP contribution in [-0.2, 0) is 0 Å². The Hall–Kier alpha value is -1.13. The van der Waals surface area contributed by atoms with Gasteiger partial charge in [-0.3, -0.25) is 4.79 Å². The summed E-state index contributed by atoms with van der Waals surface area (Å²) in [6.07, 6.45) is 0. The minimum Gasteiger partial charge on any atom is -0.399 e. The van der Waals surface area contributed by atoms with Crippen LogP contribution in [0.2, 0.25) is 0 Å². The standard InChI is InChI=1S/C14H11Br2NO/c1-8-2-5-12(15)11(6-8)14(18)10-4-3-9(17)7-13(10)16/h2-7H,17H2,1H3. The summed E-state index contributed by atoms with van der Waals surface area (Å²) in [5.41, 5.74) is 8.61. The molecule has 0 unspecified atom stereocenters. The number of benzene rings is 2. The summed E-state index contributed by atoms with van der Waals surface area (Å²) in [5.74, 6) is -0.0301. The molecule has 0 fully saturated rings. The molecule has 0 aromatic heterocycles. The molecule has 0 amide bonds. The van der Waals surface area contributed by atoms with Crippen LogP contribution in [0.15, 0.2) is 45.3 Å². The number of nitrogen functional groups attached to an aromatic ring is 1. The third-order valence-corrected chi connectivity index (χ3v) is 3.95. The number of ketones is 1. The van der Waals surface area contributed by atoms with Gasteiger partial charge in [0.2, 0.25) is 0 Å². The van der Waals surface area contributed by atoms with Crippen LogP contribution in [0.1, 0.15) is 21.5 Å². The maximum Gasteiger partial charge on any atom is 0.195 e. The number of halogens is 2. The van der Waals surface area contributed by atoms with E-state index in [0.717, 1.165) is 10.0 Å². The molecule has 0 aliphatic heterocycles. The van der Waals surface area contributed by atoms with E-state index in [1.165, 1.54) is 0 Å². The van der Waals surface area contributed by atoms with Crippen LogP contribution in [-0.4, -0.2) is 5.78 Å². The van der Waals surface area contributed by atoms with Gasteiger partial charge in [0.1, 0.15) is 0 Å². The van der Waals surface area contributed by atoms with Gasteiger partial charge in [-0.05, 0) is 53.2 Å². The van der Waals surface area contributed by atoms with Crippen molar-refractivity contribution in [1.29, 1.82) is 0 Å². The number of hydrogen-bond donors (Lipinski definition) is 1. The highest BCUT2D eigenvalue weighted by molar-refractivity contribution is 9.11. The summed E-state index contributed by atoms with van der Waals surface area (Å²) in [6, 6.07) is 10.9. The number of carbonyl (C=O) groups excluding carboxylic acids is 1. The zero-order valence-corrected chi connectivity index (χ0v) is 12.9. The van der Waals surface area contributed by atoms with E-state index >= 15 is 0 Å². The molecule has 92 valence electrons. The van der Waals surface area contributed by atoms with E-state index in [0.29, 0.717) is 21.3 Å². The molecule has 2 aromatic rings. The molecule has 0 spiro atoms. The average molecular weight is 369 g/mol. The largest absolute Gasteiger partial charge is 0.399 e. The lowest BCUT2D eigenvalue weighted by molar-refractivity contribution is 0.103. The fraction of sp³-hybridized carbons (Fsp3) is 0.0714. The van der Waals surface area contributed by atoms with Gasteiger partial charge >= 0.3 is 0 Å². The Balaban J connectivity index is 2.51. The van der Waals surface area contributed by atoms with Gasteiger partial charge < -0.3 is 5.73 Å². The first-order valence-corrected chi connectivity index (χ1v) is 6.93. The molecule has 4 heteroatoms. The lowest BCUT2D eigenvalue weighted by atomic mass is 10.0. The highest BCUT2D eigenvalue weighted by Crippen LogP contribution is 2.26. The summed E-state index contributed by atoms with van der Waals surface area (Å²) in [5, 5.41) is 0. The Kier molecular flexibility index (Phi) is 3.88. The first kappa shape index (κ1) is 13.3. The highest BCUT2D eigenvalue weighted by atomic mass is 79.9. The van der Waals surface area contributed by atoms with Crippen molar-refractivity contribution in [3.05, 3.63) is 62.0 Å². The fourth-order valence-electron chi connectivity index (χ4n) is 1.67. The van der Waals surface area contributed by atoms with Gasteiger partial charge in [-0.1, -0.05) is 27.6 Å². The number of anilines is 1. The van der Waals surface area contributed by atoms with E-state index in [1.807, 2.05) is 25.1 Å². The fourth-order valence-corrected chi connectivity index (χ4v) is 2.68. The van der Waals surface area contributed by atoms with E-state index in [1.54, 1.807) is 18.2 Å². The van der Waals surface area contributed by atoms with Crippen molar-refractivity contribution in [3.63, 3.8) is 0 Å². The van der Waals surface area contributed by atoms with Crippen molar-refractivity contribution in [2.24, 2.45) is 0 Å². The average Bonchev–Trinajstić information content (AvgIpc) is 2.31. The minimum atomic E-state index is -0.0301. The van der Waals surface area contributed by atoms with Gasteiger partial charge in [-0.2, -0.15) is 0 Å². The third-order valence-electron chi connectivity index (χ3n) is 2.60. The number of hydrogen-bond acceptors (Lipinski definition) is 2. The maximum absolute atomic E-state index is 12.5. The number of rotatable bonds is 2. The molecule has 2 rings (SSSR count). The van der Waals surface area contributed by atoms with E-state index < -0.39 is 0 Å². The minimum absolute atomic E-state index is 0.0301. The second-order valence-electron chi connectivity index (χ2n) is 4.05. The van der Waals surface area contributed by atoms with Crippen molar-refractivity contribution in [2.75, 3.05) is 5.73 Å². The van der Waals surface area contributed by atoms with Gasteiger partial charge in [0.05, 0.1) is 0 Å². The predicted octanol–water partition coefficient (Wildman–Crippen LogP) is 4.33. The molecule has 0 atom stereocenters. The van der Waals surface area contributed by atoms with Crippen LogP contribution in [0.4, 0.5) is 5.69 Å². The van der Waals surface area contributed by atoms with Gasteiger partial charge in [0, 0.05) is 25.8 Å². The van der Waals surface area contributed by atoms with Crippen molar-refractivity contribution in [1.82, 2.24) is 0 Å². The number of carbonyl (C=O) groups is 1. The zero-order valence-electron chi connectivity index (χ0n) is 9.71. The van der Waals surface area contributed by atoms with Gasteiger partial charge in [-0.15, -0.1) is 0 Å². The van der Waals surface area contributed by atoms with Crippen LogP contribution in [0.25, 0.3) is 0 Å². The second kappa shape index (κ2) is 5.24. The zero-order chi connectivity index (χ0) is 13.3. The molecule has 0 bridgehead atoms. The second-order valence-corrected chi connectivity index (χ2v) is 5.76. The summed E-state index contributed by atoms with van der Waals surface area (Å²) in [6.45, 7) is 1.96. The first-order chi connectivity index (χ1) is 8.49. The van der Waals surface area contributed by atoms with Crippen LogP contribution >= 0.6 is 31.9 Å². The van der Waals surface area contributed by atoms with Crippen molar-refractivity contribution in [3.8, 4) is 0 Å². The molecule has 2 nitrogen and oxygen atoms in total. The molecule has 2 aromatic carbocycles. The Morgan fingerprint density at radius 3 is 2.39 bits per heavy atom. The summed E-state index contributed by atoms with van der Waals surface area (Å²) in [4.78, 5) is 12.5. The van der Waals surface area contributed by atoms with Gasteiger partial charge in [0.25, 0.3) is 0 Å². The molecule has 0 saturated heterocycles. The molecule has 0 radical (unpaired) electrons.